The largest absolute Gasteiger partial charge is 0.489 e. The number of hydrogen-bond donors (Lipinski definition) is 0. The summed E-state index contributed by atoms with van der Waals surface area (Å²) in [5, 5.41) is 5.47. The minimum Gasteiger partial charge on any atom is -0.489 e. The molecule has 2 heterocycles. The van der Waals surface area contributed by atoms with E-state index in [4.69, 9.17) is 4.74 Å². The van der Waals surface area contributed by atoms with Gasteiger partial charge in [0.05, 0.1) is 18.1 Å². The van der Waals surface area contributed by atoms with Crippen molar-refractivity contribution >= 4 is 18.0 Å². The van der Waals surface area contributed by atoms with Crippen molar-refractivity contribution in [1.82, 2.24) is 9.58 Å². The van der Waals surface area contributed by atoms with E-state index in [2.05, 4.69) is 53.0 Å². The Morgan fingerprint density at radius 2 is 1.56 bits per heavy atom. The number of ether oxygens (including phenoxy) is 1. The molecule has 2 bridgehead atoms. The molecule has 0 N–H and O–H groups in total. The Morgan fingerprint density at radius 1 is 0.917 bits per heavy atom. The predicted molar refractivity (Wildman–Crippen MR) is 138 cm³/mol. The molecular formula is C30H29N3O3. The van der Waals surface area contributed by atoms with E-state index in [-0.39, 0.29) is 35.5 Å². The number of hydrazone groups is 1. The van der Waals surface area contributed by atoms with Gasteiger partial charge in [-0.25, -0.2) is 0 Å². The molecule has 2 aliphatic carbocycles. The number of rotatable bonds is 6. The summed E-state index contributed by atoms with van der Waals surface area (Å²) in [6.07, 6.45) is 6.75. The van der Waals surface area contributed by atoms with E-state index in [0.717, 1.165) is 45.4 Å². The topological polar surface area (TPSA) is 63.9 Å². The van der Waals surface area contributed by atoms with Crippen LogP contribution in [-0.4, -0.2) is 27.6 Å². The molecule has 36 heavy (non-hydrogen) atoms. The smallest absolute Gasteiger partial charge is 0.254 e. The number of imide groups is 1. The van der Waals surface area contributed by atoms with E-state index in [1.807, 2.05) is 44.2 Å². The first-order valence-electron chi connectivity index (χ1n) is 12.5. The molecule has 6 nitrogen and oxygen atoms in total. The summed E-state index contributed by atoms with van der Waals surface area (Å²) in [6, 6.07) is 18.4. The minimum atomic E-state index is -0.233. The van der Waals surface area contributed by atoms with Gasteiger partial charge < -0.3 is 9.30 Å². The summed E-state index contributed by atoms with van der Waals surface area (Å²) in [5.41, 5.74) is 6.29. The first-order chi connectivity index (χ1) is 17.4. The van der Waals surface area contributed by atoms with Crippen molar-refractivity contribution in [3.05, 3.63) is 94.8 Å². The highest BCUT2D eigenvalue weighted by atomic mass is 16.5. The van der Waals surface area contributed by atoms with Crippen LogP contribution in [0.1, 0.15) is 34.5 Å². The number of carbonyl (C=O) groups is 2. The van der Waals surface area contributed by atoms with E-state index in [1.54, 1.807) is 6.21 Å². The van der Waals surface area contributed by atoms with Crippen molar-refractivity contribution in [2.45, 2.75) is 33.8 Å². The van der Waals surface area contributed by atoms with E-state index in [0.29, 0.717) is 6.61 Å². The van der Waals surface area contributed by atoms with Gasteiger partial charge in [-0.1, -0.05) is 42.0 Å². The van der Waals surface area contributed by atoms with Gasteiger partial charge in [0.1, 0.15) is 12.4 Å². The number of aryl methyl sites for hydroxylation is 2. The third-order valence-electron chi connectivity index (χ3n) is 7.85. The molecule has 182 valence electrons. The number of amides is 2. The predicted octanol–water partition coefficient (Wildman–Crippen LogP) is 5.12. The molecule has 3 aromatic rings. The summed E-state index contributed by atoms with van der Waals surface area (Å²) < 4.78 is 8.09. The number of allylic oxidation sites excluding steroid dienone is 2. The summed E-state index contributed by atoms with van der Waals surface area (Å²) in [7, 11) is 0. The van der Waals surface area contributed by atoms with Crippen molar-refractivity contribution in [1.29, 1.82) is 0 Å². The van der Waals surface area contributed by atoms with Crippen LogP contribution in [-0.2, 0) is 16.2 Å². The Hall–Kier alpha value is -3.93. The second kappa shape index (κ2) is 8.63. The highest BCUT2D eigenvalue weighted by Crippen LogP contribution is 2.52. The van der Waals surface area contributed by atoms with Gasteiger partial charge >= 0.3 is 0 Å². The van der Waals surface area contributed by atoms with Crippen molar-refractivity contribution in [2.24, 2.45) is 28.8 Å². The molecule has 6 heteroatoms. The molecule has 1 aliphatic heterocycles. The zero-order valence-electron chi connectivity index (χ0n) is 20.7. The lowest BCUT2D eigenvalue weighted by Crippen LogP contribution is -2.28. The van der Waals surface area contributed by atoms with Gasteiger partial charge in [0.25, 0.3) is 11.8 Å². The Bertz CT molecular complexity index is 1370. The molecule has 6 rings (SSSR count). The van der Waals surface area contributed by atoms with Gasteiger partial charge in [-0.2, -0.15) is 10.1 Å². The fraction of sp³-hybridized carbons (Fsp3) is 0.300. The molecule has 1 saturated heterocycles. The van der Waals surface area contributed by atoms with Crippen LogP contribution in [0.15, 0.2) is 71.9 Å². The van der Waals surface area contributed by atoms with Crippen LogP contribution >= 0.6 is 0 Å². The lowest BCUT2D eigenvalue weighted by Gasteiger charge is -2.13. The lowest BCUT2D eigenvalue weighted by atomic mass is 9.85. The van der Waals surface area contributed by atoms with Gasteiger partial charge in [-0.05, 0) is 74.9 Å². The number of hydrogen-bond acceptors (Lipinski definition) is 4. The molecule has 2 fully saturated rings. The van der Waals surface area contributed by atoms with E-state index in [1.165, 1.54) is 5.56 Å². The van der Waals surface area contributed by atoms with Crippen LogP contribution in [0, 0.1) is 44.4 Å². The monoisotopic (exact) mass is 479 g/mol. The van der Waals surface area contributed by atoms with Crippen LogP contribution in [0.2, 0.25) is 0 Å². The average Bonchev–Trinajstić information content (AvgIpc) is 3.62. The van der Waals surface area contributed by atoms with E-state index in [9.17, 15) is 9.59 Å². The van der Waals surface area contributed by atoms with E-state index < -0.39 is 0 Å². The fourth-order valence-electron chi connectivity index (χ4n) is 5.98. The molecule has 0 spiro atoms. The molecule has 0 unspecified atom stereocenters. The van der Waals surface area contributed by atoms with Gasteiger partial charge in [0.2, 0.25) is 0 Å². The Labute approximate surface area is 210 Å². The maximum absolute atomic E-state index is 12.9. The number of fused-ring (bicyclic) bond motifs is 5. The quantitative estimate of drug-likeness (QED) is 0.280. The summed E-state index contributed by atoms with van der Waals surface area (Å²) in [5.74, 6) is 0.397. The van der Waals surface area contributed by atoms with Gasteiger partial charge in [0.15, 0.2) is 0 Å². The third kappa shape index (κ3) is 3.68. The molecule has 4 atom stereocenters. The Morgan fingerprint density at radius 3 is 2.19 bits per heavy atom. The average molecular weight is 480 g/mol. The Kier molecular flexibility index (Phi) is 5.40. The summed E-state index contributed by atoms with van der Waals surface area (Å²) in [6.45, 7) is 6.65. The summed E-state index contributed by atoms with van der Waals surface area (Å²) >= 11 is 0. The van der Waals surface area contributed by atoms with Gasteiger partial charge in [-0.3, -0.25) is 9.59 Å². The standard InChI is InChI=1S/C30H29N3O3/c1-18-4-6-21(7-5-18)17-36-26-12-10-25(11-13-26)32-19(2)14-24(20(32)3)16-31-33-29(34)27-22-8-9-23(15-22)28(27)30(33)35/h4-14,16,22-23,27-28H,15,17H2,1-3H3/t22-,23-,27-,28+/m0/s1. The second-order valence-corrected chi connectivity index (χ2v) is 10.2. The fourth-order valence-corrected chi connectivity index (χ4v) is 5.98. The zero-order valence-corrected chi connectivity index (χ0v) is 20.7. The van der Waals surface area contributed by atoms with Crippen molar-refractivity contribution in [3.63, 3.8) is 0 Å². The van der Waals surface area contributed by atoms with Crippen molar-refractivity contribution in [2.75, 3.05) is 0 Å². The van der Waals surface area contributed by atoms with Crippen molar-refractivity contribution in [3.8, 4) is 11.4 Å². The normalized spacial score (nSPS) is 24.4. The van der Waals surface area contributed by atoms with Crippen LogP contribution in [0.25, 0.3) is 5.69 Å². The number of carbonyl (C=O) groups excluding carboxylic acids is 2. The van der Waals surface area contributed by atoms with E-state index >= 15 is 0 Å². The first kappa shape index (κ1) is 22.5. The Balaban J connectivity index is 1.17. The van der Waals surface area contributed by atoms with Crippen LogP contribution in [0.5, 0.6) is 5.75 Å². The molecule has 0 radical (unpaired) electrons. The zero-order chi connectivity index (χ0) is 25.0. The molecule has 2 amide bonds. The molecule has 1 aromatic heterocycles. The lowest BCUT2D eigenvalue weighted by molar-refractivity contribution is -0.140. The molecule has 1 saturated carbocycles. The maximum atomic E-state index is 12.9. The molecular weight excluding hydrogens is 450 g/mol. The number of nitrogens with zero attached hydrogens (tertiary/aromatic N) is 3. The van der Waals surface area contributed by atoms with Crippen LogP contribution < -0.4 is 4.74 Å². The molecule has 2 aromatic carbocycles. The minimum absolute atomic E-state index is 0.159. The van der Waals surface area contributed by atoms with Crippen LogP contribution in [0.3, 0.4) is 0 Å². The van der Waals surface area contributed by atoms with Crippen LogP contribution in [0.4, 0.5) is 0 Å². The summed E-state index contributed by atoms with van der Waals surface area (Å²) in [4.78, 5) is 25.8. The number of benzene rings is 2. The second-order valence-electron chi connectivity index (χ2n) is 10.2. The van der Waals surface area contributed by atoms with Crippen molar-refractivity contribution < 1.29 is 14.3 Å². The maximum Gasteiger partial charge on any atom is 0.254 e. The number of aromatic nitrogens is 1. The van der Waals surface area contributed by atoms with Gasteiger partial charge in [-0.15, -0.1) is 0 Å². The highest BCUT2D eigenvalue weighted by molar-refractivity contribution is 6.06. The highest BCUT2D eigenvalue weighted by Gasteiger charge is 2.59. The SMILES string of the molecule is Cc1ccc(COc2ccc(-n3c(C)cc(C=NN4C(=O)[C@@H]5[C@H](C4=O)[C@H]4C=C[C@H]5C4)c3C)cc2)cc1. The third-order valence-corrected chi connectivity index (χ3v) is 7.85. The first-order valence-corrected chi connectivity index (χ1v) is 12.5. The molecule has 3 aliphatic rings. The van der Waals surface area contributed by atoms with Gasteiger partial charge in [0, 0.05) is 22.6 Å².